The van der Waals surface area contributed by atoms with Crippen LogP contribution < -0.4 is 10.1 Å². The molecule has 0 bridgehead atoms. The minimum atomic E-state index is 0.514. The van der Waals surface area contributed by atoms with Gasteiger partial charge in [0, 0.05) is 31.0 Å². The highest BCUT2D eigenvalue weighted by Gasteiger charge is 2.02. The summed E-state index contributed by atoms with van der Waals surface area (Å²) >= 11 is 0. The second-order valence-corrected chi connectivity index (χ2v) is 5.33. The molecule has 0 amide bonds. The van der Waals surface area contributed by atoms with Crippen LogP contribution in [0.4, 0.5) is 0 Å². The number of rotatable bonds is 7. The maximum Gasteiger partial charge on any atom is 0.118 e. The van der Waals surface area contributed by atoms with Gasteiger partial charge in [-0.3, -0.25) is 0 Å². The molecular formula is C17H24N2O. The average molecular weight is 272 g/mol. The smallest absolute Gasteiger partial charge is 0.118 e. The van der Waals surface area contributed by atoms with Gasteiger partial charge >= 0.3 is 0 Å². The number of hydrogen-bond acceptors (Lipinski definition) is 2. The van der Waals surface area contributed by atoms with Crippen LogP contribution in [-0.4, -0.2) is 17.7 Å². The molecule has 1 aromatic carbocycles. The van der Waals surface area contributed by atoms with Crippen molar-refractivity contribution < 1.29 is 4.74 Å². The van der Waals surface area contributed by atoms with Crippen LogP contribution in [0.1, 0.15) is 25.1 Å². The van der Waals surface area contributed by atoms with Crippen molar-refractivity contribution in [3.05, 3.63) is 53.9 Å². The van der Waals surface area contributed by atoms with Gasteiger partial charge in [0.2, 0.25) is 0 Å². The quantitative estimate of drug-likeness (QED) is 0.837. The fourth-order valence-corrected chi connectivity index (χ4v) is 2.18. The van der Waals surface area contributed by atoms with Crippen molar-refractivity contribution in [3.63, 3.8) is 0 Å². The van der Waals surface area contributed by atoms with E-state index < -0.39 is 0 Å². The zero-order valence-corrected chi connectivity index (χ0v) is 12.6. The van der Waals surface area contributed by atoms with Crippen molar-refractivity contribution in [1.29, 1.82) is 0 Å². The molecule has 3 heteroatoms. The van der Waals surface area contributed by atoms with E-state index in [2.05, 4.69) is 54.2 Å². The van der Waals surface area contributed by atoms with Gasteiger partial charge in [-0.15, -0.1) is 0 Å². The predicted octanol–water partition coefficient (Wildman–Crippen LogP) is 3.24. The summed E-state index contributed by atoms with van der Waals surface area (Å²) in [5.41, 5.74) is 2.68. The van der Waals surface area contributed by atoms with Gasteiger partial charge in [-0.2, -0.15) is 0 Å². The molecule has 108 valence electrons. The summed E-state index contributed by atoms with van der Waals surface area (Å²) in [6.07, 6.45) is 3.19. The van der Waals surface area contributed by atoms with E-state index in [1.54, 1.807) is 7.11 Å². The van der Waals surface area contributed by atoms with Gasteiger partial charge in [0.15, 0.2) is 0 Å². The first-order chi connectivity index (χ1) is 9.69. The van der Waals surface area contributed by atoms with E-state index >= 15 is 0 Å². The molecule has 0 aliphatic heterocycles. The SMILES string of the molecule is COc1ccc(CCn2cccc2CNC(C)C)cc1. The molecule has 2 aromatic rings. The van der Waals surface area contributed by atoms with Crippen molar-refractivity contribution in [2.45, 2.75) is 39.4 Å². The second-order valence-electron chi connectivity index (χ2n) is 5.33. The molecule has 0 atom stereocenters. The molecule has 3 nitrogen and oxygen atoms in total. The van der Waals surface area contributed by atoms with Crippen molar-refractivity contribution in [1.82, 2.24) is 9.88 Å². The molecular weight excluding hydrogens is 248 g/mol. The molecule has 0 saturated heterocycles. The van der Waals surface area contributed by atoms with Crippen LogP contribution in [0.5, 0.6) is 5.75 Å². The molecule has 0 radical (unpaired) electrons. The van der Waals surface area contributed by atoms with E-state index in [-0.39, 0.29) is 0 Å². The van der Waals surface area contributed by atoms with Gasteiger partial charge in [-0.05, 0) is 36.2 Å². The van der Waals surface area contributed by atoms with Crippen molar-refractivity contribution in [3.8, 4) is 5.75 Å². The number of aromatic nitrogens is 1. The lowest BCUT2D eigenvalue weighted by Gasteiger charge is -2.12. The third-order valence-corrected chi connectivity index (χ3v) is 3.42. The molecule has 0 spiro atoms. The summed E-state index contributed by atoms with van der Waals surface area (Å²) in [5, 5.41) is 3.46. The Bertz CT molecular complexity index is 514. The summed E-state index contributed by atoms with van der Waals surface area (Å²) in [5.74, 6) is 0.913. The Morgan fingerprint density at radius 1 is 1.15 bits per heavy atom. The Balaban J connectivity index is 1.91. The normalized spacial score (nSPS) is 11.0. The summed E-state index contributed by atoms with van der Waals surface area (Å²) in [7, 11) is 1.70. The first kappa shape index (κ1) is 14.7. The van der Waals surface area contributed by atoms with E-state index in [4.69, 9.17) is 4.74 Å². The van der Waals surface area contributed by atoms with E-state index in [0.717, 1.165) is 25.3 Å². The Labute approximate surface area is 121 Å². The standard InChI is InChI=1S/C17H24N2O/c1-14(2)18-13-16-5-4-11-19(16)12-10-15-6-8-17(20-3)9-7-15/h4-9,11,14,18H,10,12-13H2,1-3H3. The number of benzene rings is 1. The van der Waals surface area contributed by atoms with Crippen molar-refractivity contribution in [2.75, 3.05) is 7.11 Å². The molecule has 0 fully saturated rings. The topological polar surface area (TPSA) is 26.2 Å². The third kappa shape index (κ3) is 4.14. The highest BCUT2D eigenvalue weighted by atomic mass is 16.5. The van der Waals surface area contributed by atoms with Crippen LogP contribution in [0.2, 0.25) is 0 Å². The van der Waals surface area contributed by atoms with Crippen molar-refractivity contribution >= 4 is 0 Å². The van der Waals surface area contributed by atoms with Crippen molar-refractivity contribution in [2.24, 2.45) is 0 Å². The number of methoxy groups -OCH3 is 1. The van der Waals surface area contributed by atoms with Crippen LogP contribution in [0.3, 0.4) is 0 Å². The van der Waals surface area contributed by atoms with Gasteiger partial charge in [0.25, 0.3) is 0 Å². The first-order valence-corrected chi connectivity index (χ1v) is 7.19. The van der Waals surface area contributed by atoms with Crippen LogP contribution in [-0.2, 0) is 19.5 Å². The van der Waals surface area contributed by atoms with Gasteiger partial charge in [0.05, 0.1) is 7.11 Å². The molecule has 1 N–H and O–H groups in total. The van der Waals surface area contributed by atoms with E-state index in [9.17, 15) is 0 Å². The largest absolute Gasteiger partial charge is 0.497 e. The number of aryl methyl sites for hydroxylation is 2. The maximum atomic E-state index is 5.18. The third-order valence-electron chi connectivity index (χ3n) is 3.42. The lowest BCUT2D eigenvalue weighted by atomic mass is 10.1. The molecule has 20 heavy (non-hydrogen) atoms. The fraction of sp³-hybridized carbons (Fsp3) is 0.412. The molecule has 2 rings (SSSR count). The first-order valence-electron chi connectivity index (χ1n) is 7.19. The second kappa shape index (κ2) is 7.15. The number of hydrogen-bond donors (Lipinski definition) is 1. The summed E-state index contributed by atoms with van der Waals surface area (Å²) in [4.78, 5) is 0. The molecule has 0 unspecified atom stereocenters. The van der Waals surface area contributed by atoms with Gasteiger partial charge < -0.3 is 14.6 Å². The van der Waals surface area contributed by atoms with Crippen LogP contribution in [0.15, 0.2) is 42.6 Å². The van der Waals surface area contributed by atoms with Gasteiger partial charge in [0.1, 0.15) is 5.75 Å². The molecule has 0 aliphatic rings. The lowest BCUT2D eigenvalue weighted by molar-refractivity contribution is 0.414. The maximum absolute atomic E-state index is 5.18. The molecule has 1 heterocycles. The Hall–Kier alpha value is -1.74. The molecule has 0 saturated carbocycles. The van der Waals surface area contributed by atoms with Crippen LogP contribution >= 0.6 is 0 Å². The highest BCUT2D eigenvalue weighted by molar-refractivity contribution is 5.27. The van der Waals surface area contributed by atoms with E-state index in [1.165, 1.54) is 11.3 Å². The van der Waals surface area contributed by atoms with Gasteiger partial charge in [-0.25, -0.2) is 0 Å². The Kier molecular flexibility index (Phi) is 5.24. The number of nitrogens with zero attached hydrogens (tertiary/aromatic N) is 1. The zero-order valence-electron chi connectivity index (χ0n) is 12.6. The summed E-state index contributed by atoms with van der Waals surface area (Å²) in [6.45, 7) is 6.27. The highest BCUT2D eigenvalue weighted by Crippen LogP contribution is 2.13. The predicted molar refractivity (Wildman–Crippen MR) is 83.1 cm³/mol. The van der Waals surface area contributed by atoms with E-state index in [0.29, 0.717) is 6.04 Å². The minimum Gasteiger partial charge on any atom is -0.497 e. The Morgan fingerprint density at radius 3 is 2.55 bits per heavy atom. The fourth-order valence-electron chi connectivity index (χ4n) is 2.18. The monoisotopic (exact) mass is 272 g/mol. The number of nitrogens with one attached hydrogen (secondary N) is 1. The summed E-state index contributed by atoms with van der Waals surface area (Å²) < 4.78 is 7.50. The molecule has 1 aromatic heterocycles. The average Bonchev–Trinajstić information content (AvgIpc) is 2.91. The lowest BCUT2D eigenvalue weighted by Crippen LogP contribution is -2.23. The number of ether oxygens (including phenoxy) is 1. The minimum absolute atomic E-state index is 0.514. The molecule has 0 aliphatic carbocycles. The Morgan fingerprint density at radius 2 is 1.90 bits per heavy atom. The van der Waals surface area contributed by atoms with Crippen LogP contribution in [0.25, 0.3) is 0 Å². The van der Waals surface area contributed by atoms with E-state index in [1.807, 2.05) is 12.1 Å². The summed E-state index contributed by atoms with van der Waals surface area (Å²) in [6, 6.07) is 13.1. The van der Waals surface area contributed by atoms with Crippen LogP contribution in [0, 0.1) is 0 Å². The zero-order chi connectivity index (χ0) is 14.4. The van der Waals surface area contributed by atoms with Gasteiger partial charge in [-0.1, -0.05) is 26.0 Å².